The van der Waals surface area contributed by atoms with Crippen molar-refractivity contribution in [1.29, 1.82) is 0 Å². The molecule has 98 valence electrons. The molecule has 0 heterocycles. The molecule has 1 aromatic rings. The first kappa shape index (κ1) is 14.0. The van der Waals surface area contributed by atoms with Crippen LogP contribution in [0.2, 0.25) is 0 Å². The Morgan fingerprint density at radius 2 is 1.94 bits per heavy atom. The highest BCUT2D eigenvalue weighted by molar-refractivity contribution is 5.96. The molecule has 0 bridgehead atoms. The molecule has 0 fully saturated rings. The molecule has 0 aromatic heterocycles. The fourth-order valence-electron chi connectivity index (χ4n) is 1.19. The number of rotatable bonds is 4. The monoisotopic (exact) mass is 254 g/mol. The van der Waals surface area contributed by atoms with E-state index in [2.05, 4.69) is 10.6 Å². The number of carbonyl (C=O) groups excluding carboxylic acids is 2. The summed E-state index contributed by atoms with van der Waals surface area (Å²) in [5.74, 6) is -0.595. The third-order valence-corrected chi connectivity index (χ3v) is 2.07. The van der Waals surface area contributed by atoms with Crippen LogP contribution in [0, 0.1) is 5.82 Å². The minimum atomic E-state index is -0.849. The lowest BCUT2D eigenvalue weighted by Crippen LogP contribution is -2.45. The summed E-state index contributed by atoms with van der Waals surface area (Å²) in [6.07, 6.45) is -0.849. The lowest BCUT2D eigenvalue weighted by molar-refractivity contribution is -0.126. The van der Waals surface area contributed by atoms with Crippen LogP contribution in [0.15, 0.2) is 24.3 Å². The normalized spacial score (nSPS) is 11.5. The number of hydrogen-bond donors (Lipinski definition) is 2. The molecule has 1 rings (SSSR count). The third-order valence-electron chi connectivity index (χ3n) is 2.07. The van der Waals surface area contributed by atoms with Gasteiger partial charge in [-0.05, 0) is 38.1 Å². The number of imide groups is 1. The number of urea groups is 1. The second-order valence-electron chi connectivity index (χ2n) is 3.56. The van der Waals surface area contributed by atoms with Gasteiger partial charge in [0.15, 0.2) is 6.10 Å². The van der Waals surface area contributed by atoms with E-state index in [-0.39, 0.29) is 5.82 Å². The summed E-state index contributed by atoms with van der Waals surface area (Å²) in [4.78, 5) is 22.6. The van der Waals surface area contributed by atoms with Crippen LogP contribution >= 0.6 is 0 Å². The summed E-state index contributed by atoms with van der Waals surface area (Å²) in [6.45, 7) is 3.66. The predicted octanol–water partition coefficient (Wildman–Crippen LogP) is 1.44. The molecule has 0 radical (unpaired) electrons. The predicted molar refractivity (Wildman–Crippen MR) is 63.7 cm³/mol. The maximum absolute atomic E-state index is 12.7. The lowest BCUT2D eigenvalue weighted by atomic mass is 10.3. The van der Waals surface area contributed by atoms with Gasteiger partial charge in [0.05, 0.1) is 0 Å². The first-order chi connectivity index (χ1) is 8.52. The molecule has 5 nitrogen and oxygen atoms in total. The molecule has 0 aliphatic heterocycles. The van der Waals surface area contributed by atoms with E-state index in [1.807, 2.05) is 0 Å². The zero-order valence-corrected chi connectivity index (χ0v) is 10.2. The first-order valence-corrected chi connectivity index (χ1v) is 5.54. The standard InChI is InChI=1S/C12H15FN2O3/c1-3-14-12(17)15-11(16)8(2)18-10-6-4-9(13)5-7-10/h4-8H,3H2,1-2H3,(H2,14,15,16,17)/t8-/m1/s1. The van der Waals surface area contributed by atoms with Crippen LogP contribution in [0.25, 0.3) is 0 Å². The van der Waals surface area contributed by atoms with Crippen LogP contribution in [0.4, 0.5) is 9.18 Å². The highest BCUT2D eigenvalue weighted by Crippen LogP contribution is 2.12. The maximum Gasteiger partial charge on any atom is 0.321 e. The Labute approximate surface area is 104 Å². The lowest BCUT2D eigenvalue weighted by Gasteiger charge is -2.14. The van der Waals surface area contributed by atoms with Crippen LogP contribution in [-0.2, 0) is 4.79 Å². The van der Waals surface area contributed by atoms with Crippen LogP contribution < -0.4 is 15.4 Å². The molecule has 1 aromatic carbocycles. The van der Waals surface area contributed by atoms with Crippen molar-refractivity contribution >= 4 is 11.9 Å². The Morgan fingerprint density at radius 1 is 1.33 bits per heavy atom. The molecular weight excluding hydrogens is 239 g/mol. The van der Waals surface area contributed by atoms with E-state index in [1.165, 1.54) is 31.2 Å². The summed E-state index contributed by atoms with van der Waals surface area (Å²) in [6, 6.07) is 4.70. The quantitative estimate of drug-likeness (QED) is 0.854. The van der Waals surface area contributed by atoms with Crippen molar-refractivity contribution in [1.82, 2.24) is 10.6 Å². The Hall–Kier alpha value is -2.11. The molecule has 1 atom stereocenters. The Bertz CT molecular complexity index is 420. The smallest absolute Gasteiger partial charge is 0.321 e. The van der Waals surface area contributed by atoms with Gasteiger partial charge in [0.1, 0.15) is 11.6 Å². The van der Waals surface area contributed by atoms with E-state index >= 15 is 0 Å². The van der Waals surface area contributed by atoms with Crippen LogP contribution in [0.1, 0.15) is 13.8 Å². The van der Waals surface area contributed by atoms with Crippen molar-refractivity contribution in [2.75, 3.05) is 6.54 Å². The summed E-state index contributed by atoms with van der Waals surface area (Å²) < 4.78 is 17.9. The second-order valence-corrected chi connectivity index (χ2v) is 3.56. The molecule has 0 spiro atoms. The molecule has 0 aliphatic rings. The summed E-state index contributed by atoms with van der Waals surface area (Å²) in [7, 11) is 0. The van der Waals surface area contributed by atoms with E-state index in [4.69, 9.17) is 4.74 Å². The van der Waals surface area contributed by atoms with Gasteiger partial charge in [-0.1, -0.05) is 0 Å². The van der Waals surface area contributed by atoms with Gasteiger partial charge in [-0.3, -0.25) is 10.1 Å². The maximum atomic E-state index is 12.7. The zero-order valence-electron chi connectivity index (χ0n) is 10.2. The minimum Gasteiger partial charge on any atom is -0.481 e. The highest BCUT2D eigenvalue weighted by Gasteiger charge is 2.16. The molecule has 2 N–H and O–H groups in total. The van der Waals surface area contributed by atoms with Crippen LogP contribution in [-0.4, -0.2) is 24.6 Å². The fourth-order valence-corrected chi connectivity index (χ4v) is 1.19. The van der Waals surface area contributed by atoms with Crippen molar-refractivity contribution in [3.8, 4) is 5.75 Å². The Morgan fingerprint density at radius 3 is 2.50 bits per heavy atom. The van der Waals surface area contributed by atoms with E-state index in [9.17, 15) is 14.0 Å². The molecule has 0 aliphatic carbocycles. The average Bonchev–Trinajstić information content (AvgIpc) is 2.32. The topological polar surface area (TPSA) is 67.4 Å². The number of ether oxygens (including phenoxy) is 1. The first-order valence-electron chi connectivity index (χ1n) is 5.54. The highest BCUT2D eigenvalue weighted by atomic mass is 19.1. The summed E-state index contributed by atoms with van der Waals surface area (Å²) in [5.41, 5.74) is 0. The summed E-state index contributed by atoms with van der Waals surface area (Å²) >= 11 is 0. The fraction of sp³-hybridized carbons (Fsp3) is 0.333. The largest absolute Gasteiger partial charge is 0.481 e. The van der Waals surface area contributed by atoms with Gasteiger partial charge in [-0.25, -0.2) is 9.18 Å². The van der Waals surface area contributed by atoms with Crippen molar-refractivity contribution in [3.63, 3.8) is 0 Å². The molecule has 0 unspecified atom stereocenters. The molecule has 3 amide bonds. The number of amides is 3. The molecule has 6 heteroatoms. The van der Waals surface area contributed by atoms with Crippen molar-refractivity contribution in [2.24, 2.45) is 0 Å². The van der Waals surface area contributed by atoms with E-state index in [0.717, 1.165) is 0 Å². The van der Waals surface area contributed by atoms with Crippen molar-refractivity contribution in [3.05, 3.63) is 30.1 Å². The van der Waals surface area contributed by atoms with Crippen molar-refractivity contribution in [2.45, 2.75) is 20.0 Å². The van der Waals surface area contributed by atoms with E-state index < -0.39 is 18.0 Å². The molecule has 18 heavy (non-hydrogen) atoms. The van der Waals surface area contributed by atoms with Gasteiger partial charge in [-0.15, -0.1) is 0 Å². The SMILES string of the molecule is CCNC(=O)NC(=O)[C@@H](C)Oc1ccc(F)cc1. The van der Waals surface area contributed by atoms with Gasteiger partial charge in [0.25, 0.3) is 5.91 Å². The van der Waals surface area contributed by atoms with Crippen LogP contribution in [0.3, 0.4) is 0 Å². The van der Waals surface area contributed by atoms with Crippen LogP contribution in [0.5, 0.6) is 5.75 Å². The third kappa shape index (κ3) is 4.40. The Balaban J connectivity index is 2.49. The van der Waals surface area contributed by atoms with Gasteiger partial charge >= 0.3 is 6.03 Å². The van der Waals surface area contributed by atoms with Gasteiger partial charge < -0.3 is 10.1 Å². The summed E-state index contributed by atoms with van der Waals surface area (Å²) in [5, 5.41) is 4.55. The van der Waals surface area contributed by atoms with Gasteiger partial charge in [-0.2, -0.15) is 0 Å². The minimum absolute atomic E-state index is 0.356. The molecular formula is C12H15FN2O3. The average molecular weight is 254 g/mol. The second kappa shape index (κ2) is 6.58. The van der Waals surface area contributed by atoms with E-state index in [0.29, 0.717) is 12.3 Å². The van der Waals surface area contributed by atoms with Crippen molar-refractivity contribution < 1.29 is 18.7 Å². The molecule has 0 saturated carbocycles. The zero-order chi connectivity index (χ0) is 13.5. The number of carbonyl (C=O) groups is 2. The molecule has 0 saturated heterocycles. The van der Waals surface area contributed by atoms with Gasteiger partial charge in [0, 0.05) is 6.54 Å². The number of nitrogens with one attached hydrogen (secondary N) is 2. The Kier molecular flexibility index (Phi) is 5.10. The van der Waals surface area contributed by atoms with E-state index in [1.54, 1.807) is 6.92 Å². The number of hydrogen-bond acceptors (Lipinski definition) is 3. The van der Waals surface area contributed by atoms with Gasteiger partial charge in [0.2, 0.25) is 0 Å². The number of benzene rings is 1. The number of halogens is 1.